The molecule has 0 saturated carbocycles. The molecule has 0 N–H and O–H groups in total. The van der Waals surface area contributed by atoms with Gasteiger partial charge in [-0.15, -0.1) is 11.3 Å². The molecule has 122 valence electrons. The largest absolute Gasteiger partial charge is 0.490 e. The molecule has 0 atom stereocenters. The third-order valence-electron chi connectivity index (χ3n) is 3.72. The summed E-state index contributed by atoms with van der Waals surface area (Å²) in [7, 11) is 1.68. The Morgan fingerprint density at radius 3 is 2.38 bits per heavy atom. The van der Waals surface area contributed by atoms with Crippen molar-refractivity contribution in [1.29, 1.82) is 0 Å². The third-order valence-corrected chi connectivity index (χ3v) is 5.50. The summed E-state index contributed by atoms with van der Waals surface area (Å²) in [6.07, 6.45) is 1.13. The van der Waals surface area contributed by atoms with E-state index in [9.17, 15) is 0 Å². The molecule has 3 nitrogen and oxygen atoms in total. The molecule has 0 aliphatic heterocycles. The van der Waals surface area contributed by atoms with Gasteiger partial charge in [0.25, 0.3) is 0 Å². The summed E-state index contributed by atoms with van der Waals surface area (Å²) >= 11 is 1.89. The summed E-state index contributed by atoms with van der Waals surface area (Å²) in [5.41, 5.74) is 0.213. The standard InChI is InChI=1S/C17H30O3S/c1-7-17(4,5)15-12-14(16(21-15)13(2)3)20-11-10-19-9-8-18-6/h12-13H,7-11H2,1-6H3. The van der Waals surface area contributed by atoms with Gasteiger partial charge in [-0.3, -0.25) is 0 Å². The van der Waals surface area contributed by atoms with Crippen LogP contribution >= 0.6 is 11.3 Å². The van der Waals surface area contributed by atoms with Crippen LogP contribution in [0.1, 0.15) is 56.7 Å². The molecule has 0 aliphatic carbocycles. The topological polar surface area (TPSA) is 27.7 Å². The first kappa shape index (κ1) is 18.5. The van der Waals surface area contributed by atoms with E-state index >= 15 is 0 Å². The molecule has 0 bridgehead atoms. The number of hydrogen-bond acceptors (Lipinski definition) is 4. The van der Waals surface area contributed by atoms with E-state index in [1.165, 1.54) is 9.75 Å². The summed E-state index contributed by atoms with van der Waals surface area (Å²) in [6.45, 7) is 13.7. The van der Waals surface area contributed by atoms with Gasteiger partial charge in [0.1, 0.15) is 12.4 Å². The Hall–Kier alpha value is -0.580. The van der Waals surface area contributed by atoms with Gasteiger partial charge in [-0.05, 0) is 23.8 Å². The van der Waals surface area contributed by atoms with E-state index in [2.05, 4.69) is 40.7 Å². The molecule has 0 radical (unpaired) electrons. The van der Waals surface area contributed by atoms with E-state index in [-0.39, 0.29) is 5.41 Å². The van der Waals surface area contributed by atoms with Crippen LogP contribution in [0.5, 0.6) is 5.75 Å². The fourth-order valence-electron chi connectivity index (χ4n) is 1.87. The number of methoxy groups -OCH3 is 1. The minimum absolute atomic E-state index is 0.213. The van der Waals surface area contributed by atoms with E-state index in [4.69, 9.17) is 14.2 Å². The molecule has 0 saturated heterocycles. The molecule has 21 heavy (non-hydrogen) atoms. The molecule has 0 aromatic carbocycles. The van der Waals surface area contributed by atoms with Gasteiger partial charge >= 0.3 is 0 Å². The first-order chi connectivity index (χ1) is 9.92. The molecule has 1 rings (SSSR count). The Morgan fingerprint density at radius 1 is 1.14 bits per heavy atom. The normalized spacial score (nSPS) is 12.1. The lowest BCUT2D eigenvalue weighted by Crippen LogP contribution is -2.13. The highest BCUT2D eigenvalue weighted by molar-refractivity contribution is 7.12. The van der Waals surface area contributed by atoms with Crippen molar-refractivity contribution in [1.82, 2.24) is 0 Å². The van der Waals surface area contributed by atoms with Crippen molar-refractivity contribution in [2.45, 2.75) is 52.4 Å². The van der Waals surface area contributed by atoms with E-state index in [1.54, 1.807) is 7.11 Å². The SMILES string of the molecule is CCC(C)(C)c1cc(OCCOCCOC)c(C(C)C)s1. The number of thiophene rings is 1. The molecule has 0 amide bonds. The smallest absolute Gasteiger partial charge is 0.133 e. The van der Waals surface area contributed by atoms with Crippen LogP contribution in [0.2, 0.25) is 0 Å². The number of ether oxygens (including phenoxy) is 3. The van der Waals surface area contributed by atoms with Gasteiger partial charge in [0.05, 0.1) is 19.8 Å². The van der Waals surface area contributed by atoms with Crippen LogP contribution in [-0.4, -0.2) is 33.5 Å². The lowest BCUT2D eigenvalue weighted by Gasteiger charge is -2.20. The van der Waals surface area contributed by atoms with Gasteiger partial charge in [0.15, 0.2) is 0 Å². The van der Waals surface area contributed by atoms with Crippen molar-refractivity contribution in [2.24, 2.45) is 0 Å². The Balaban J connectivity index is 2.63. The average Bonchev–Trinajstić information content (AvgIpc) is 2.88. The second-order valence-electron chi connectivity index (χ2n) is 6.18. The van der Waals surface area contributed by atoms with Gasteiger partial charge < -0.3 is 14.2 Å². The van der Waals surface area contributed by atoms with Crippen LogP contribution in [0, 0.1) is 0 Å². The Morgan fingerprint density at radius 2 is 1.81 bits per heavy atom. The molecular weight excluding hydrogens is 284 g/mol. The Kier molecular flexibility index (Phi) is 7.71. The van der Waals surface area contributed by atoms with Crippen molar-refractivity contribution in [2.75, 3.05) is 33.5 Å². The quantitative estimate of drug-likeness (QED) is 0.591. The Labute approximate surface area is 133 Å². The van der Waals surface area contributed by atoms with Gasteiger partial charge in [-0.2, -0.15) is 0 Å². The number of rotatable bonds is 10. The molecule has 1 aromatic heterocycles. The summed E-state index contributed by atoms with van der Waals surface area (Å²) in [5.74, 6) is 1.52. The molecule has 0 aliphatic rings. The van der Waals surface area contributed by atoms with Crippen molar-refractivity contribution < 1.29 is 14.2 Å². The molecule has 0 spiro atoms. The highest BCUT2D eigenvalue weighted by Crippen LogP contribution is 2.41. The van der Waals surface area contributed by atoms with E-state index in [0.29, 0.717) is 32.3 Å². The van der Waals surface area contributed by atoms with Crippen LogP contribution in [0.25, 0.3) is 0 Å². The molecule has 4 heteroatoms. The molecule has 1 aromatic rings. The summed E-state index contributed by atoms with van der Waals surface area (Å²) in [4.78, 5) is 2.74. The van der Waals surface area contributed by atoms with Gasteiger partial charge in [0, 0.05) is 16.9 Å². The molecule has 0 unspecified atom stereocenters. The zero-order valence-corrected chi connectivity index (χ0v) is 15.1. The lowest BCUT2D eigenvalue weighted by atomic mass is 9.88. The Bertz CT molecular complexity index is 410. The first-order valence-corrected chi connectivity index (χ1v) is 8.57. The van der Waals surface area contributed by atoms with Gasteiger partial charge in [-0.1, -0.05) is 34.6 Å². The average molecular weight is 314 g/mol. The molecule has 0 fully saturated rings. The van der Waals surface area contributed by atoms with Gasteiger partial charge in [-0.25, -0.2) is 0 Å². The minimum atomic E-state index is 0.213. The van der Waals surface area contributed by atoms with Crippen LogP contribution < -0.4 is 4.74 Å². The minimum Gasteiger partial charge on any atom is -0.490 e. The number of hydrogen-bond donors (Lipinski definition) is 0. The maximum atomic E-state index is 5.94. The zero-order chi connectivity index (χ0) is 15.9. The maximum Gasteiger partial charge on any atom is 0.133 e. The highest BCUT2D eigenvalue weighted by atomic mass is 32.1. The maximum absolute atomic E-state index is 5.94. The second-order valence-corrected chi connectivity index (χ2v) is 7.27. The van der Waals surface area contributed by atoms with Crippen LogP contribution in [0.4, 0.5) is 0 Å². The summed E-state index contributed by atoms with van der Waals surface area (Å²) < 4.78 is 16.3. The van der Waals surface area contributed by atoms with Crippen LogP contribution in [0.15, 0.2) is 6.07 Å². The highest BCUT2D eigenvalue weighted by Gasteiger charge is 2.24. The predicted octanol–water partition coefficient (Wildman–Crippen LogP) is 4.60. The van der Waals surface area contributed by atoms with Crippen molar-refractivity contribution in [3.8, 4) is 5.75 Å². The van der Waals surface area contributed by atoms with E-state index < -0.39 is 0 Å². The molecule has 1 heterocycles. The van der Waals surface area contributed by atoms with Crippen molar-refractivity contribution in [3.05, 3.63) is 15.8 Å². The fourth-order valence-corrected chi connectivity index (χ4v) is 3.14. The van der Waals surface area contributed by atoms with Crippen LogP contribution in [-0.2, 0) is 14.9 Å². The molecular formula is C17H30O3S. The first-order valence-electron chi connectivity index (χ1n) is 7.76. The van der Waals surface area contributed by atoms with Crippen molar-refractivity contribution >= 4 is 11.3 Å². The van der Waals surface area contributed by atoms with E-state index in [0.717, 1.165) is 12.2 Å². The summed E-state index contributed by atoms with van der Waals surface area (Å²) in [5, 5.41) is 0. The fraction of sp³-hybridized carbons (Fsp3) is 0.765. The predicted molar refractivity (Wildman–Crippen MR) is 89.9 cm³/mol. The van der Waals surface area contributed by atoms with E-state index in [1.807, 2.05) is 11.3 Å². The summed E-state index contributed by atoms with van der Waals surface area (Å²) in [6, 6.07) is 2.22. The second kappa shape index (κ2) is 8.76. The monoisotopic (exact) mass is 314 g/mol. The van der Waals surface area contributed by atoms with Crippen LogP contribution in [0.3, 0.4) is 0 Å². The lowest BCUT2D eigenvalue weighted by molar-refractivity contribution is 0.0543. The van der Waals surface area contributed by atoms with Crippen molar-refractivity contribution in [3.63, 3.8) is 0 Å². The zero-order valence-electron chi connectivity index (χ0n) is 14.3. The van der Waals surface area contributed by atoms with Gasteiger partial charge in [0.2, 0.25) is 0 Å². The third kappa shape index (κ3) is 5.61.